The number of anilines is 1. The van der Waals surface area contributed by atoms with Crippen molar-refractivity contribution in [1.82, 2.24) is 10.3 Å². The Labute approximate surface area is 222 Å². The number of pyridine rings is 1. The van der Waals surface area contributed by atoms with Gasteiger partial charge in [0.1, 0.15) is 5.82 Å². The number of aromatic nitrogens is 1. The van der Waals surface area contributed by atoms with Gasteiger partial charge in [0.2, 0.25) is 0 Å². The zero-order valence-electron chi connectivity index (χ0n) is 20.7. The van der Waals surface area contributed by atoms with E-state index in [-0.39, 0.29) is 30.1 Å². The van der Waals surface area contributed by atoms with Crippen molar-refractivity contribution in [2.24, 2.45) is 5.92 Å². The van der Waals surface area contributed by atoms with Gasteiger partial charge in [-0.25, -0.2) is 14.2 Å². The van der Waals surface area contributed by atoms with E-state index < -0.39 is 11.8 Å². The maximum absolute atomic E-state index is 14.1. The van der Waals surface area contributed by atoms with Gasteiger partial charge in [-0.2, -0.15) is 0 Å². The number of piperidine rings is 1. The van der Waals surface area contributed by atoms with Crippen molar-refractivity contribution in [3.05, 3.63) is 108 Å². The summed E-state index contributed by atoms with van der Waals surface area (Å²) in [5.41, 5.74) is 2.72. The second kappa shape index (κ2) is 11.7. The van der Waals surface area contributed by atoms with Gasteiger partial charge in [-0.05, 0) is 47.7 Å². The van der Waals surface area contributed by atoms with Crippen LogP contribution >= 0.6 is 12.4 Å². The number of halogens is 2. The Morgan fingerprint density at radius 1 is 1.11 bits per heavy atom. The molecule has 3 aromatic carbocycles. The lowest BCUT2D eigenvalue weighted by Gasteiger charge is -2.41. The van der Waals surface area contributed by atoms with Crippen LogP contribution in [0.4, 0.5) is 10.1 Å². The van der Waals surface area contributed by atoms with Gasteiger partial charge in [-0.15, -0.1) is 12.4 Å². The van der Waals surface area contributed by atoms with Gasteiger partial charge in [0.05, 0.1) is 11.9 Å². The van der Waals surface area contributed by atoms with E-state index in [0.717, 1.165) is 19.2 Å². The van der Waals surface area contributed by atoms with Crippen LogP contribution in [0.5, 0.6) is 0 Å². The van der Waals surface area contributed by atoms with E-state index in [4.69, 9.17) is 0 Å². The highest BCUT2D eigenvalue weighted by Crippen LogP contribution is 2.36. The van der Waals surface area contributed by atoms with E-state index in [1.165, 1.54) is 28.0 Å². The first-order valence-corrected chi connectivity index (χ1v) is 12.4. The van der Waals surface area contributed by atoms with Crippen molar-refractivity contribution in [1.29, 1.82) is 0 Å². The number of hydrogen-bond acceptors (Lipinski definition) is 4. The van der Waals surface area contributed by atoms with Crippen molar-refractivity contribution in [3.8, 4) is 0 Å². The number of nitrogens with zero attached hydrogens (tertiary/aromatic N) is 2. The summed E-state index contributed by atoms with van der Waals surface area (Å²) in [4.78, 5) is 17.6. The number of aromatic carboxylic acids is 1. The van der Waals surface area contributed by atoms with Crippen LogP contribution in [0, 0.1) is 11.7 Å². The Kier molecular flexibility index (Phi) is 8.41. The Balaban J connectivity index is 0.00000320. The average molecular weight is 520 g/mol. The van der Waals surface area contributed by atoms with Gasteiger partial charge in [0, 0.05) is 31.1 Å². The molecule has 2 unspecified atom stereocenters. The molecule has 1 fully saturated rings. The van der Waals surface area contributed by atoms with Crippen molar-refractivity contribution in [3.63, 3.8) is 0 Å². The Morgan fingerprint density at radius 2 is 1.84 bits per heavy atom. The summed E-state index contributed by atoms with van der Waals surface area (Å²) in [5.74, 6) is -1.17. The molecule has 1 aliphatic rings. The summed E-state index contributed by atoms with van der Waals surface area (Å²) in [7, 11) is 0. The number of fused-ring (bicyclic) bond motifs is 1. The third kappa shape index (κ3) is 5.76. The zero-order valence-corrected chi connectivity index (χ0v) is 21.5. The van der Waals surface area contributed by atoms with Crippen molar-refractivity contribution in [2.75, 3.05) is 24.5 Å². The van der Waals surface area contributed by atoms with Crippen LogP contribution in [0.15, 0.2) is 85.1 Å². The highest BCUT2D eigenvalue weighted by atomic mass is 35.5. The van der Waals surface area contributed by atoms with Gasteiger partial charge in [-0.1, -0.05) is 72.8 Å². The summed E-state index contributed by atoms with van der Waals surface area (Å²) in [6, 6.07) is 26.6. The molecule has 37 heavy (non-hydrogen) atoms. The van der Waals surface area contributed by atoms with Gasteiger partial charge in [0.15, 0.2) is 5.69 Å². The Hall–Kier alpha value is -3.48. The zero-order chi connectivity index (χ0) is 25.1. The minimum absolute atomic E-state index is 0. The largest absolute Gasteiger partial charge is 0.476 e. The third-order valence-electron chi connectivity index (χ3n) is 7.34. The third-order valence-corrected chi connectivity index (χ3v) is 7.34. The van der Waals surface area contributed by atoms with Crippen molar-refractivity contribution < 1.29 is 14.3 Å². The second-order valence-corrected chi connectivity index (χ2v) is 9.54. The minimum Gasteiger partial charge on any atom is -0.476 e. The lowest BCUT2D eigenvalue weighted by Crippen LogP contribution is -2.43. The standard InChI is InChI=1S/C30H30FN3O2.ClH/c1-20(25-13-7-11-21-10-5-6-12-26(21)25)32-17-23-14-15-34(19-27(23)22-8-3-2-4-9-22)28-16-24(31)18-33-29(28)30(35)36;/h2-13,16,18,20,23,27,32H,14-15,17,19H2,1H3,(H,35,36);1H/t20-,23?,27?;/m1./s1. The van der Waals surface area contributed by atoms with Gasteiger partial charge < -0.3 is 15.3 Å². The van der Waals surface area contributed by atoms with Crippen LogP contribution in [-0.2, 0) is 0 Å². The predicted molar refractivity (Wildman–Crippen MR) is 148 cm³/mol. The Bertz CT molecular complexity index is 1360. The molecular formula is C30H31ClFN3O2. The molecule has 0 saturated carbocycles. The van der Waals surface area contributed by atoms with Crippen LogP contribution in [0.25, 0.3) is 10.8 Å². The minimum atomic E-state index is -1.14. The average Bonchev–Trinajstić information content (AvgIpc) is 2.91. The highest BCUT2D eigenvalue weighted by Gasteiger charge is 2.32. The fourth-order valence-electron chi connectivity index (χ4n) is 5.44. The van der Waals surface area contributed by atoms with E-state index in [2.05, 4.69) is 71.8 Å². The number of hydrogen-bond donors (Lipinski definition) is 2. The lowest BCUT2D eigenvalue weighted by atomic mass is 9.80. The molecule has 2 heterocycles. The molecule has 0 radical (unpaired) electrons. The van der Waals surface area contributed by atoms with Crippen LogP contribution in [0.1, 0.15) is 46.9 Å². The molecule has 1 aliphatic heterocycles. The summed E-state index contributed by atoms with van der Waals surface area (Å²) in [5, 5.41) is 15.9. The van der Waals surface area contributed by atoms with Gasteiger partial charge in [-0.3, -0.25) is 0 Å². The van der Waals surface area contributed by atoms with Crippen LogP contribution in [0.3, 0.4) is 0 Å². The van der Waals surface area contributed by atoms with E-state index >= 15 is 0 Å². The molecule has 5 rings (SSSR count). The SMILES string of the molecule is C[C@@H](NCC1CCN(c2cc(F)cnc2C(=O)O)CC1c1ccccc1)c1cccc2ccccc12.Cl. The molecule has 0 spiro atoms. The number of benzene rings is 3. The fraction of sp³-hybridized carbons (Fsp3) is 0.267. The molecule has 4 aromatic rings. The molecule has 7 heteroatoms. The molecule has 192 valence electrons. The number of nitrogens with one attached hydrogen (secondary N) is 1. The van der Waals surface area contributed by atoms with E-state index in [9.17, 15) is 14.3 Å². The monoisotopic (exact) mass is 519 g/mol. The van der Waals surface area contributed by atoms with Crippen molar-refractivity contribution in [2.45, 2.75) is 25.3 Å². The summed E-state index contributed by atoms with van der Waals surface area (Å²) >= 11 is 0. The second-order valence-electron chi connectivity index (χ2n) is 9.54. The fourth-order valence-corrected chi connectivity index (χ4v) is 5.44. The maximum Gasteiger partial charge on any atom is 0.356 e. The van der Waals surface area contributed by atoms with Crippen LogP contribution in [0.2, 0.25) is 0 Å². The topological polar surface area (TPSA) is 65.5 Å². The summed E-state index contributed by atoms with van der Waals surface area (Å²) < 4.78 is 14.1. The van der Waals surface area contributed by atoms with E-state index in [1.807, 2.05) is 23.1 Å². The van der Waals surface area contributed by atoms with E-state index in [1.54, 1.807) is 0 Å². The van der Waals surface area contributed by atoms with E-state index in [0.29, 0.717) is 24.7 Å². The first kappa shape index (κ1) is 26.6. The Morgan fingerprint density at radius 3 is 2.62 bits per heavy atom. The quantitative estimate of drug-likeness (QED) is 0.293. The molecule has 3 atom stereocenters. The number of rotatable bonds is 7. The molecule has 1 saturated heterocycles. The smallest absolute Gasteiger partial charge is 0.356 e. The molecule has 2 N–H and O–H groups in total. The van der Waals surface area contributed by atoms with Gasteiger partial charge in [0.25, 0.3) is 0 Å². The summed E-state index contributed by atoms with van der Waals surface area (Å²) in [6.45, 7) is 4.27. The normalized spacial score (nSPS) is 18.3. The molecule has 1 aromatic heterocycles. The summed E-state index contributed by atoms with van der Waals surface area (Å²) in [6.07, 6.45) is 1.82. The number of carbonyl (C=O) groups is 1. The predicted octanol–water partition coefficient (Wildman–Crippen LogP) is 6.45. The molecule has 0 aliphatic carbocycles. The number of carboxylic acids is 1. The molecule has 0 bridgehead atoms. The van der Waals surface area contributed by atoms with Crippen LogP contribution < -0.4 is 10.2 Å². The maximum atomic E-state index is 14.1. The molecular weight excluding hydrogens is 489 g/mol. The van der Waals surface area contributed by atoms with Crippen LogP contribution in [-0.4, -0.2) is 35.7 Å². The molecule has 5 nitrogen and oxygen atoms in total. The first-order valence-electron chi connectivity index (χ1n) is 12.4. The van der Waals surface area contributed by atoms with Crippen molar-refractivity contribution >= 4 is 34.8 Å². The number of carboxylic acid groups (broad SMARTS) is 1. The lowest BCUT2D eigenvalue weighted by molar-refractivity contribution is 0.0691. The first-order chi connectivity index (χ1) is 17.5. The molecule has 0 amide bonds. The highest BCUT2D eigenvalue weighted by molar-refractivity contribution is 5.92. The van der Waals surface area contributed by atoms with Gasteiger partial charge >= 0.3 is 5.97 Å².